The Hall–Kier alpha value is -0.660. The van der Waals surface area contributed by atoms with Crippen LogP contribution in [-0.2, 0) is 9.59 Å². The molecule has 0 bridgehead atoms. The molecule has 0 N–H and O–H groups in total. The Kier molecular flexibility index (Phi) is 3.92. The summed E-state index contributed by atoms with van der Waals surface area (Å²) in [5.74, 6) is 0.409. The first-order chi connectivity index (χ1) is 7.53. The van der Waals surface area contributed by atoms with E-state index in [1.54, 1.807) is 0 Å². The van der Waals surface area contributed by atoms with Crippen molar-refractivity contribution in [1.82, 2.24) is 0 Å². The van der Waals surface area contributed by atoms with E-state index in [2.05, 4.69) is 13.8 Å². The van der Waals surface area contributed by atoms with Crippen LogP contribution in [0, 0.1) is 10.8 Å². The van der Waals surface area contributed by atoms with Gasteiger partial charge in [-0.1, -0.05) is 27.7 Å². The summed E-state index contributed by atoms with van der Waals surface area (Å²) in [6.07, 6.45) is 4.44. The van der Waals surface area contributed by atoms with Crippen LogP contribution in [0.5, 0.6) is 0 Å². The predicted octanol–water partition coefficient (Wildman–Crippen LogP) is 3.53. The summed E-state index contributed by atoms with van der Waals surface area (Å²) in [7, 11) is 0. The van der Waals surface area contributed by atoms with Gasteiger partial charge in [-0.3, -0.25) is 9.59 Å². The van der Waals surface area contributed by atoms with Crippen molar-refractivity contribution in [2.45, 2.75) is 66.2 Å². The molecule has 0 aromatic heterocycles. The Labute approximate surface area is 98.8 Å². The maximum absolute atomic E-state index is 12.7. The maximum atomic E-state index is 12.7. The maximum Gasteiger partial charge on any atom is 0.152 e. The van der Waals surface area contributed by atoms with Crippen molar-refractivity contribution in [2.24, 2.45) is 10.8 Å². The molecule has 1 saturated carbocycles. The summed E-state index contributed by atoms with van der Waals surface area (Å²) in [6.45, 7) is 8.10. The number of carbonyl (C=O) groups excluding carboxylic acids is 2. The molecule has 1 aliphatic carbocycles. The molecule has 0 aliphatic heterocycles. The van der Waals surface area contributed by atoms with Gasteiger partial charge in [0.1, 0.15) is 5.78 Å². The second kappa shape index (κ2) is 4.68. The third kappa shape index (κ3) is 1.63. The van der Waals surface area contributed by atoms with Crippen molar-refractivity contribution in [3.8, 4) is 0 Å². The van der Waals surface area contributed by atoms with Crippen molar-refractivity contribution in [2.75, 3.05) is 0 Å². The Balaban J connectivity index is 3.18. The van der Waals surface area contributed by atoms with Gasteiger partial charge in [-0.25, -0.2) is 0 Å². The number of Topliss-reactive ketones (excluding diaryl/α,β-unsaturated/α-hetero) is 2. The van der Waals surface area contributed by atoms with Crippen LogP contribution in [0.4, 0.5) is 0 Å². The zero-order valence-electron chi connectivity index (χ0n) is 11.1. The molecule has 2 nitrogen and oxygen atoms in total. The average molecular weight is 224 g/mol. The minimum Gasteiger partial charge on any atom is -0.299 e. The molecular weight excluding hydrogens is 200 g/mol. The van der Waals surface area contributed by atoms with Crippen molar-refractivity contribution >= 4 is 11.6 Å². The molecule has 1 aliphatic rings. The second-order valence-corrected chi connectivity index (χ2v) is 5.03. The summed E-state index contributed by atoms with van der Waals surface area (Å²) in [5, 5.41) is 0. The molecule has 1 fully saturated rings. The second-order valence-electron chi connectivity index (χ2n) is 5.03. The monoisotopic (exact) mass is 224 g/mol. The van der Waals surface area contributed by atoms with E-state index in [1.165, 1.54) is 0 Å². The van der Waals surface area contributed by atoms with Gasteiger partial charge in [0.2, 0.25) is 0 Å². The van der Waals surface area contributed by atoms with E-state index in [0.29, 0.717) is 19.3 Å². The van der Waals surface area contributed by atoms with Crippen LogP contribution in [0.25, 0.3) is 0 Å². The zero-order valence-corrected chi connectivity index (χ0v) is 11.1. The summed E-state index contributed by atoms with van der Waals surface area (Å²) >= 11 is 0. The van der Waals surface area contributed by atoms with E-state index in [9.17, 15) is 9.59 Å². The lowest BCUT2D eigenvalue weighted by molar-refractivity contribution is -0.154. The lowest BCUT2D eigenvalue weighted by atomic mass is 9.56. The lowest BCUT2D eigenvalue weighted by Crippen LogP contribution is -2.51. The third-order valence-electron chi connectivity index (χ3n) is 4.84. The fraction of sp³-hybridized carbons (Fsp3) is 0.857. The average Bonchev–Trinajstić information content (AvgIpc) is 2.32. The van der Waals surface area contributed by atoms with E-state index in [0.717, 1.165) is 19.3 Å². The topological polar surface area (TPSA) is 34.1 Å². The zero-order chi connectivity index (χ0) is 12.4. The van der Waals surface area contributed by atoms with E-state index in [4.69, 9.17) is 0 Å². The van der Waals surface area contributed by atoms with E-state index >= 15 is 0 Å². The molecule has 0 aromatic rings. The summed E-state index contributed by atoms with van der Waals surface area (Å²) in [4.78, 5) is 24.8. The Morgan fingerprint density at radius 3 is 1.81 bits per heavy atom. The van der Waals surface area contributed by atoms with Gasteiger partial charge in [-0.15, -0.1) is 0 Å². The predicted molar refractivity (Wildman–Crippen MR) is 65.3 cm³/mol. The van der Waals surface area contributed by atoms with Gasteiger partial charge in [0, 0.05) is 11.8 Å². The lowest BCUT2D eigenvalue weighted by Gasteiger charge is -2.44. The van der Waals surface area contributed by atoms with Crippen molar-refractivity contribution in [3.05, 3.63) is 0 Å². The number of hydrogen-bond donors (Lipinski definition) is 0. The Morgan fingerprint density at radius 1 is 0.938 bits per heavy atom. The van der Waals surface area contributed by atoms with Crippen molar-refractivity contribution in [3.63, 3.8) is 0 Å². The van der Waals surface area contributed by atoms with E-state index in [1.807, 2.05) is 13.8 Å². The number of ketones is 2. The molecule has 1 rings (SSSR count). The molecule has 0 heterocycles. The largest absolute Gasteiger partial charge is 0.299 e. The Morgan fingerprint density at radius 2 is 1.44 bits per heavy atom. The molecule has 0 saturated heterocycles. The number of carbonyl (C=O) groups is 2. The molecule has 0 amide bonds. The first-order valence-corrected chi connectivity index (χ1v) is 6.61. The summed E-state index contributed by atoms with van der Waals surface area (Å²) in [5.41, 5.74) is -0.885. The smallest absolute Gasteiger partial charge is 0.152 e. The summed E-state index contributed by atoms with van der Waals surface area (Å²) < 4.78 is 0. The van der Waals surface area contributed by atoms with Crippen LogP contribution in [0.3, 0.4) is 0 Å². The highest BCUT2D eigenvalue weighted by Crippen LogP contribution is 2.48. The highest BCUT2D eigenvalue weighted by molar-refractivity contribution is 6.11. The van der Waals surface area contributed by atoms with E-state index in [-0.39, 0.29) is 17.0 Å². The number of hydrogen-bond acceptors (Lipinski definition) is 2. The Bertz CT molecular complexity index is 283. The van der Waals surface area contributed by atoms with Crippen LogP contribution in [0.1, 0.15) is 66.2 Å². The number of rotatable bonds is 4. The third-order valence-corrected chi connectivity index (χ3v) is 4.84. The van der Waals surface area contributed by atoms with Crippen LogP contribution < -0.4 is 0 Å². The van der Waals surface area contributed by atoms with Crippen LogP contribution >= 0.6 is 0 Å². The molecule has 0 unspecified atom stereocenters. The molecular formula is C14H24O2. The van der Waals surface area contributed by atoms with Gasteiger partial charge in [-0.05, 0) is 32.1 Å². The SMILES string of the molecule is CCC1(CC)CCC(=O)C(CC)(CC)C1=O. The van der Waals surface area contributed by atoms with Gasteiger partial charge < -0.3 is 0 Å². The van der Waals surface area contributed by atoms with Gasteiger partial charge >= 0.3 is 0 Å². The van der Waals surface area contributed by atoms with Crippen LogP contribution in [-0.4, -0.2) is 11.6 Å². The standard InChI is InChI=1S/C14H24O2/c1-5-13(6-2)10-9-11(15)14(7-3,8-4)12(13)16/h5-10H2,1-4H3. The molecule has 92 valence electrons. The minimum atomic E-state index is -0.662. The highest BCUT2D eigenvalue weighted by Gasteiger charge is 2.53. The fourth-order valence-corrected chi connectivity index (χ4v) is 3.23. The normalized spacial score (nSPS) is 23.5. The fourth-order valence-electron chi connectivity index (χ4n) is 3.23. The van der Waals surface area contributed by atoms with Crippen molar-refractivity contribution in [1.29, 1.82) is 0 Å². The highest BCUT2D eigenvalue weighted by atomic mass is 16.2. The molecule has 16 heavy (non-hydrogen) atoms. The first kappa shape index (κ1) is 13.4. The first-order valence-electron chi connectivity index (χ1n) is 6.61. The van der Waals surface area contributed by atoms with Gasteiger partial charge in [-0.2, -0.15) is 0 Å². The van der Waals surface area contributed by atoms with Crippen LogP contribution in [0.2, 0.25) is 0 Å². The summed E-state index contributed by atoms with van der Waals surface area (Å²) in [6, 6.07) is 0. The van der Waals surface area contributed by atoms with Crippen LogP contribution in [0.15, 0.2) is 0 Å². The molecule has 2 heteroatoms. The molecule has 0 atom stereocenters. The molecule has 0 aromatic carbocycles. The van der Waals surface area contributed by atoms with Gasteiger partial charge in [0.05, 0.1) is 5.41 Å². The van der Waals surface area contributed by atoms with E-state index < -0.39 is 5.41 Å². The molecule has 0 radical (unpaired) electrons. The van der Waals surface area contributed by atoms with Crippen molar-refractivity contribution < 1.29 is 9.59 Å². The molecule has 0 spiro atoms. The quantitative estimate of drug-likeness (QED) is 0.684. The van der Waals surface area contributed by atoms with Gasteiger partial charge in [0.15, 0.2) is 5.78 Å². The minimum absolute atomic E-state index is 0.181. The van der Waals surface area contributed by atoms with Gasteiger partial charge in [0.25, 0.3) is 0 Å².